The second-order valence-electron chi connectivity index (χ2n) is 4.35. The van der Waals surface area contributed by atoms with Crippen LogP contribution in [0.5, 0.6) is 5.75 Å². The van der Waals surface area contributed by atoms with Gasteiger partial charge in [0, 0.05) is 17.6 Å². The minimum atomic E-state index is -0.197. The number of ether oxygens (including phenoxy) is 2. The lowest BCUT2D eigenvalue weighted by Crippen LogP contribution is -2.30. The molecule has 0 heterocycles. The summed E-state index contributed by atoms with van der Waals surface area (Å²) in [4.78, 5) is 11.7. The highest BCUT2D eigenvalue weighted by Crippen LogP contribution is 2.28. The fourth-order valence-corrected chi connectivity index (χ4v) is 1.89. The Hall–Kier alpha value is -1.27. The molecule has 0 radical (unpaired) electrons. The molecule has 2 amide bonds. The third kappa shape index (κ3) is 4.72. The normalized spacial score (nSPS) is 14.0. The highest BCUT2D eigenvalue weighted by atomic mass is 79.9. The summed E-state index contributed by atoms with van der Waals surface area (Å²) in [6.07, 6.45) is 2.12. The number of amides is 2. The van der Waals surface area contributed by atoms with Crippen molar-refractivity contribution in [3.05, 3.63) is 22.7 Å². The third-order valence-corrected chi connectivity index (χ3v) is 3.14. The van der Waals surface area contributed by atoms with E-state index < -0.39 is 0 Å². The first-order chi connectivity index (χ1) is 9.19. The van der Waals surface area contributed by atoms with E-state index >= 15 is 0 Å². The Morgan fingerprint density at radius 3 is 2.89 bits per heavy atom. The van der Waals surface area contributed by atoms with Crippen LogP contribution in [0, 0.1) is 0 Å². The maximum atomic E-state index is 11.7. The van der Waals surface area contributed by atoms with E-state index in [0.717, 1.165) is 17.3 Å². The number of hydrogen-bond donors (Lipinski definition) is 2. The van der Waals surface area contributed by atoms with Crippen molar-refractivity contribution >= 4 is 27.6 Å². The van der Waals surface area contributed by atoms with Gasteiger partial charge in [0.15, 0.2) is 0 Å². The topological polar surface area (TPSA) is 59.6 Å². The Morgan fingerprint density at radius 2 is 2.21 bits per heavy atom. The largest absolute Gasteiger partial charge is 0.489 e. The second-order valence-corrected chi connectivity index (χ2v) is 5.27. The molecule has 1 saturated carbocycles. The van der Waals surface area contributed by atoms with Crippen LogP contribution in [0.4, 0.5) is 10.5 Å². The van der Waals surface area contributed by atoms with Crippen LogP contribution in [0.1, 0.15) is 12.8 Å². The zero-order valence-corrected chi connectivity index (χ0v) is 12.3. The molecule has 2 N–H and O–H groups in total. The molecule has 0 atom stereocenters. The minimum absolute atomic E-state index is 0.197. The van der Waals surface area contributed by atoms with Crippen LogP contribution in [0.2, 0.25) is 0 Å². The highest BCUT2D eigenvalue weighted by molar-refractivity contribution is 9.10. The van der Waals surface area contributed by atoms with Crippen LogP contribution in [-0.2, 0) is 4.74 Å². The molecular weight excluding hydrogens is 312 g/mol. The Labute approximate surface area is 120 Å². The SMILES string of the molecule is COCCOc1ccc(Br)cc1NC(=O)NC1CC1. The van der Waals surface area contributed by atoms with Gasteiger partial charge in [-0.05, 0) is 31.0 Å². The van der Waals surface area contributed by atoms with Crippen molar-refractivity contribution < 1.29 is 14.3 Å². The van der Waals surface area contributed by atoms with Crippen LogP contribution in [0.25, 0.3) is 0 Å². The van der Waals surface area contributed by atoms with Crippen molar-refractivity contribution in [2.75, 3.05) is 25.6 Å². The van der Waals surface area contributed by atoms with Gasteiger partial charge < -0.3 is 20.1 Å². The maximum Gasteiger partial charge on any atom is 0.319 e. The molecule has 6 heteroatoms. The van der Waals surface area contributed by atoms with Gasteiger partial charge >= 0.3 is 6.03 Å². The van der Waals surface area contributed by atoms with E-state index in [9.17, 15) is 4.79 Å². The van der Waals surface area contributed by atoms with E-state index in [2.05, 4.69) is 26.6 Å². The first-order valence-electron chi connectivity index (χ1n) is 6.18. The number of carbonyl (C=O) groups excluding carboxylic acids is 1. The van der Waals surface area contributed by atoms with Crippen LogP contribution in [0.15, 0.2) is 22.7 Å². The molecule has 0 aromatic heterocycles. The summed E-state index contributed by atoms with van der Waals surface area (Å²) in [5, 5.41) is 5.67. The monoisotopic (exact) mass is 328 g/mol. The minimum Gasteiger partial charge on any atom is -0.489 e. The fourth-order valence-electron chi connectivity index (χ4n) is 1.53. The number of carbonyl (C=O) groups is 1. The zero-order chi connectivity index (χ0) is 13.7. The summed E-state index contributed by atoms with van der Waals surface area (Å²) in [6, 6.07) is 5.62. The molecule has 1 fully saturated rings. The molecule has 104 valence electrons. The van der Waals surface area contributed by atoms with Crippen molar-refractivity contribution in [3.8, 4) is 5.75 Å². The van der Waals surface area contributed by atoms with E-state index in [1.165, 1.54) is 0 Å². The first kappa shape index (κ1) is 14.1. The Morgan fingerprint density at radius 1 is 1.42 bits per heavy atom. The van der Waals surface area contributed by atoms with Crippen molar-refractivity contribution in [2.45, 2.75) is 18.9 Å². The van der Waals surface area contributed by atoms with Gasteiger partial charge in [0.1, 0.15) is 12.4 Å². The number of methoxy groups -OCH3 is 1. The van der Waals surface area contributed by atoms with Gasteiger partial charge in [-0.15, -0.1) is 0 Å². The van der Waals surface area contributed by atoms with E-state index in [1.807, 2.05) is 18.2 Å². The molecule has 1 aliphatic rings. The lowest BCUT2D eigenvalue weighted by Gasteiger charge is -2.13. The van der Waals surface area contributed by atoms with Crippen LogP contribution in [-0.4, -0.2) is 32.4 Å². The Balaban J connectivity index is 1.98. The molecule has 1 aromatic carbocycles. The molecular formula is C13H17BrN2O3. The quantitative estimate of drug-likeness (QED) is 0.789. The van der Waals surface area contributed by atoms with E-state index in [-0.39, 0.29) is 6.03 Å². The Kier molecular flexibility index (Phi) is 5.04. The summed E-state index contributed by atoms with van der Waals surface area (Å²) in [7, 11) is 1.62. The average Bonchev–Trinajstić information content (AvgIpc) is 3.16. The lowest BCUT2D eigenvalue weighted by molar-refractivity contribution is 0.146. The van der Waals surface area contributed by atoms with E-state index in [1.54, 1.807) is 7.11 Å². The predicted octanol–water partition coefficient (Wildman–Crippen LogP) is 2.76. The number of nitrogens with one attached hydrogen (secondary N) is 2. The summed E-state index contributed by atoms with van der Waals surface area (Å²) in [5.74, 6) is 0.631. The van der Waals surface area contributed by atoms with Crippen molar-refractivity contribution in [1.29, 1.82) is 0 Å². The molecule has 0 bridgehead atoms. The molecule has 2 rings (SSSR count). The maximum absolute atomic E-state index is 11.7. The number of benzene rings is 1. The lowest BCUT2D eigenvalue weighted by atomic mass is 10.3. The summed E-state index contributed by atoms with van der Waals surface area (Å²) < 4.78 is 11.4. The van der Waals surface area contributed by atoms with Gasteiger partial charge in [0.25, 0.3) is 0 Å². The van der Waals surface area contributed by atoms with Gasteiger partial charge in [-0.2, -0.15) is 0 Å². The van der Waals surface area contributed by atoms with Crippen LogP contribution >= 0.6 is 15.9 Å². The third-order valence-electron chi connectivity index (χ3n) is 2.65. The molecule has 19 heavy (non-hydrogen) atoms. The number of anilines is 1. The van der Waals surface area contributed by atoms with Gasteiger partial charge in [-0.25, -0.2) is 4.79 Å². The van der Waals surface area contributed by atoms with Crippen LogP contribution in [0.3, 0.4) is 0 Å². The van der Waals surface area contributed by atoms with E-state index in [0.29, 0.717) is 30.7 Å². The predicted molar refractivity (Wildman–Crippen MR) is 76.7 cm³/mol. The summed E-state index contributed by atoms with van der Waals surface area (Å²) >= 11 is 3.38. The first-order valence-corrected chi connectivity index (χ1v) is 6.97. The Bertz CT molecular complexity index is 450. The molecule has 0 unspecified atom stereocenters. The second kappa shape index (κ2) is 6.77. The van der Waals surface area contributed by atoms with Gasteiger partial charge in [0.2, 0.25) is 0 Å². The van der Waals surface area contributed by atoms with E-state index in [4.69, 9.17) is 9.47 Å². The molecule has 0 saturated heterocycles. The summed E-state index contributed by atoms with van der Waals surface area (Å²) in [5.41, 5.74) is 0.642. The highest BCUT2D eigenvalue weighted by Gasteiger charge is 2.23. The summed E-state index contributed by atoms with van der Waals surface area (Å²) in [6.45, 7) is 0.945. The molecule has 5 nitrogen and oxygen atoms in total. The number of rotatable bonds is 6. The average molecular weight is 329 g/mol. The fraction of sp³-hybridized carbons (Fsp3) is 0.462. The smallest absolute Gasteiger partial charge is 0.319 e. The molecule has 0 aliphatic heterocycles. The standard InChI is InChI=1S/C13H17BrN2O3/c1-18-6-7-19-12-5-2-9(14)8-11(12)16-13(17)15-10-3-4-10/h2,5,8,10H,3-4,6-7H2,1H3,(H2,15,16,17). The van der Waals surface area contributed by atoms with Gasteiger partial charge in [0.05, 0.1) is 12.3 Å². The van der Waals surface area contributed by atoms with Gasteiger partial charge in [-0.1, -0.05) is 15.9 Å². The molecule has 1 aromatic rings. The number of halogens is 1. The number of hydrogen-bond acceptors (Lipinski definition) is 3. The van der Waals surface area contributed by atoms with Crippen molar-refractivity contribution in [1.82, 2.24) is 5.32 Å². The van der Waals surface area contributed by atoms with Crippen LogP contribution < -0.4 is 15.4 Å². The zero-order valence-electron chi connectivity index (χ0n) is 10.7. The molecule has 0 spiro atoms. The van der Waals surface area contributed by atoms with Crippen molar-refractivity contribution in [2.24, 2.45) is 0 Å². The number of urea groups is 1. The van der Waals surface area contributed by atoms with Gasteiger partial charge in [-0.3, -0.25) is 0 Å². The molecule has 1 aliphatic carbocycles. The van der Waals surface area contributed by atoms with Crippen molar-refractivity contribution in [3.63, 3.8) is 0 Å².